The molecule has 0 saturated carbocycles. The number of fused-ring (bicyclic) bond motifs is 1. The predicted molar refractivity (Wildman–Crippen MR) is 105 cm³/mol. The molecule has 3 atom stereocenters. The molecule has 1 aromatic carbocycles. The van der Waals surface area contributed by atoms with E-state index in [4.69, 9.17) is 9.47 Å². The molecule has 2 aliphatic heterocycles. The van der Waals surface area contributed by atoms with Gasteiger partial charge in [-0.05, 0) is 37.8 Å². The Morgan fingerprint density at radius 1 is 1.23 bits per heavy atom. The van der Waals surface area contributed by atoms with Gasteiger partial charge in [0.2, 0.25) is 5.95 Å². The van der Waals surface area contributed by atoms with Crippen LogP contribution in [0.15, 0.2) is 24.5 Å². The van der Waals surface area contributed by atoms with Gasteiger partial charge in [-0.1, -0.05) is 12.1 Å². The van der Waals surface area contributed by atoms with Crippen molar-refractivity contribution in [2.24, 2.45) is 5.92 Å². The molecular weight excluding hydrogens is 399 g/mol. The summed E-state index contributed by atoms with van der Waals surface area (Å²) in [6.07, 6.45) is -1.42. The van der Waals surface area contributed by atoms with Crippen LogP contribution in [0.5, 0.6) is 11.5 Å². The second-order valence-corrected chi connectivity index (χ2v) is 7.86. The highest BCUT2D eigenvalue weighted by Crippen LogP contribution is 2.41. The summed E-state index contributed by atoms with van der Waals surface area (Å²) in [5.41, 5.74) is 1.00. The molecule has 3 heterocycles. The largest absolute Gasteiger partial charge is 0.493 e. The standard InChI is InChI=1S/C20H26F3N5O2/c1-29-16-7-3-5-14(18(16)30-2)11-27-8-4-6-13(10-27)15-9-17(20(21,22)23)28-19(26-15)24-12-25-28/h3,5,7,12-13,15,17H,4,6,8-11H2,1-2H3,(H,24,25,26)/t13-,15+,17-/m1/s1. The van der Waals surface area contributed by atoms with Gasteiger partial charge in [0.05, 0.1) is 14.2 Å². The van der Waals surface area contributed by atoms with Gasteiger partial charge >= 0.3 is 6.18 Å². The Bertz CT molecular complexity index is 872. The number of likely N-dealkylation sites (tertiary alicyclic amines) is 1. The molecule has 30 heavy (non-hydrogen) atoms. The van der Waals surface area contributed by atoms with Gasteiger partial charge < -0.3 is 14.8 Å². The van der Waals surface area contributed by atoms with Crippen LogP contribution in [0.25, 0.3) is 0 Å². The first-order valence-corrected chi connectivity index (χ1v) is 10.1. The van der Waals surface area contributed by atoms with Crippen molar-refractivity contribution in [3.63, 3.8) is 0 Å². The van der Waals surface area contributed by atoms with Crippen LogP contribution in [0.2, 0.25) is 0 Å². The summed E-state index contributed by atoms with van der Waals surface area (Å²) in [5.74, 6) is 1.65. The number of halogens is 3. The van der Waals surface area contributed by atoms with Crippen molar-refractivity contribution < 1.29 is 22.6 Å². The van der Waals surface area contributed by atoms with Crippen LogP contribution < -0.4 is 14.8 Å². The number of rotatable bonds is 5. The minimum absolute atomic E-state index is 0.0408. The quantitative estimate of drug-likeness (QED) is 0.791. The molecule has 1 N–H and O–H groups in total. The molecular formula is C20H26F3N5O2. The topological polar surface area (TPSA) is 64.4 Å². The molecule has 164 valence electrons. The van der Waals surface area contributed by atoms with Gasteiger partial charge in [0.1, 0.15) is 6.33 Å². The monoisotopic (exact) mass is 425 g/mol. The number of nitrogens with one attached hydrogen (secondary N) is 1. The lowest BCUT2D eigenvalue weighted by Gasteiger charge is -2.41. The molecule has 2 aliphatic rings. The Balaban J connectivity index is 1.49. The Morgan fingerprint density at radius 2 is 2.07 bits per heavy atom. The van der Waals surface area contributed by atoms with Gasteiger partial charge in [0.15, 0.2) is 17.5 Å². The Labute approximate surface area is 173 Å². The van der Waals surface area contributed by atoms with E-state index in [0.717, 1.165) is 29.6 Å². The number of piperidine rings is 1. The van der Waals surface area contributed by atoms with Gasteiger partial charge in [0, 0.05) is 24.7 Å². The van der Waals surface area contributed by atoms with Gasteiger partial charge in [-0.25, -0.2) is 4.68 Å². The van der Waals surface area contributed by atoms with Crippen LogP contribution in [0.4, 0.5) is 19.1 Å². The van der Waals surface area contributed by atoms with E-state index < -0.39 is 12.2 Å². The van der Waals surface area contributed by atoms with Crippen molar-refractivity contribution >= 4 is 5.95 Å². The number of para-hydroxylation sites is 1. The van der Waals surface area contributed by atoms with Gasteiger partial charge in [-0.2, -0.15) is 23.3 Å². The molecule has 1 saturated heterocycles. The maximum Gasteiger partial charge on any atom is 0.411 e. The maximum absolute atomic E-state index is 13.6. The molecule has 10 heteroatoms. The van der Waals surface area contributed by atoms with Crippen LogP contribution in [-0.2, 0) is 6.54 Å². The molecule has 0 unspecified atom stereocenters. The lowest BCUT2D eigenvalue weighted by Crippen LogP contribution is -2.47. The summed E-state index contributed by atoms with van der Waals surface area (Å²) in [5, 5.41) is 6.97. The van der Waals surface area contributed by atoms with E-state index >= 15 is 0 Å². The zero-order valence-electron chi connectivity index (χ0n) is 17.0. The van der Waals surface area contributed by atoms with Gasteiger partial charge in [-0.3, -0.25) is 4.90 Å². The zero-order valence-corrected chi connectivity index (χ0v) is 17.0. The third-order valence-electron chi connectivity index (χ3n) is 6.03. The van der Waals surface area contributed by atoms with Crippen molar-refractivity contribution in [1.29, 1.82) is 0 Å². The van der Waals surface area contributed by atoms with Crippen LogP contribution >= 0.6 is 0 Å². The minimum Gasteiger partial charge on any atom is -0.493 e. The average molecular weight is 425 g/mol. The molecule has 0 spiro atoms. The third-order valence-corrected chi connectivity index (χ3v) is 6.03. The van der Waals surface area contributed by atoms with E-state index in [1.807, 2.05) is 18.2 Å². The van der Waals surface area contributed by atoms with Gasteiger partial charge in [-0.15, -0.1) is 0 Å². The second kappa shape index (κ2) is 8.33. The molecule has 0 radical (unpaired) electrons. The van der Waals surface area contributed by atoms with E-state index in [1.165, 1.54) is 6.33 Å². The SMILES string of the molecule is COc1cccc(CN2CCC[C@@H]([C@@H]3C[C@H](C(F)(F)F)n4ncnc4N3)C2)c1OC. The van der Waals surface area contributed by atoms with E-state index in [9.17, 15) is 13.2 Å². The summed E-state index contributed by atoms with van der Waals surface area (Å²) in [6, 6.07) is 3.81. The lowest BCUT2D eigenvalue weighted by molar-refractivity contribution is -0.174. The highest BCUT2D eigenvalue weighted by Gasteiger charge is 2.48. The number of benzene rings is 1. The smallest absolute Gasteiger partial charge is 0.411 e. The van der Waals surface area contributed by atoms with Crippen molar-refractivity contribution in [1.82, 2.24) is 19.7 Å². The molecule has 0 amide bonds. The number of hydrogen-bond acceptors (Lipinski definition) is 6. The van der Waals surface area contributed by atoms with E-state index in [-0.39, 0.29) is 24.3 Å². The van der Waals surface area contributed by atoms with E-state index in [0.29, 0.717) is 24.6 Å². The molecule has 0 bridgehead atoms. The predicted octanol–water partition coefficient (Wildman–Crippen LogP) is 3.50. The first kappa shape index (κ1) is 20.8. The number of alkyl halides is 3. The molecule has 0 aliphatic carbocycles. The number of aromatic nitrogens is 3. The molecule has 1 aromatic heterocycles. The fourth-order valence-corrected chi connectivity index (χ4v) is 4.61. The Hall–Kier alpha value is -2.49. The molecule has 7 nitrogen and oxygen atoms in total. The summed E-state index contributed by atoms with van der Waals surface area (Å²) in [4.78, 5) is 6.26. The Morgan fingerprint density at radius 3 is 2.80 bits per heavy atom. The van der Waals surface area contributed by atoms with Crippen LogP contribution in [0.1, 0.15) is 30.9 Å². The second-order valence-electron chi connectivity index (χ2n) is 7.86. The average Bonchev–Trinajstić information content (AvgIpc) is 3.21. The number of methoxy groups -OCH3 is 2. The summed E-state index contributed by atoms with van der Waals surface area (Å²) in [7, 11) is 3.21. The number of hydrogen-bond donors (Lipinski definition) is 1. The third kappa shape index (κ3) is 4.05. The number of nitrogens with zero attached hydrogens (tertiary/aromatic N) is 4. The fourth-order valence-electron chi connectivity index (χ4n) is 4.61. The highest BCUT2D eigenvalue weighted by molar-refractivity contribution is 5.46. The fraction of sp³-hybridized carbons (Fsp3) is 0.600. The lowest BCUT2D eigenvalue weighted by atomic mass is 9.86. The molecule has 4 rings (SSSR count). The first-order valence-electron chi connectivity index (χ1n) is 10.1. The summed E-state index contributed by atoms with van der Waals surface area (Å²) in [6.45, 7) is 2.25. The van der Waals surface area contributed by atoms with E-state index in [2.05, 4.69) is 20.3 Å². The van der Waals surface area contributed by atoms with Gasteiger partial charge in [0.25, 0.3) is 0 Å². The van der Waals surface area contributed by atoms with Crippen LogP contribution in [0.3, 0.4) is 0 Å². The van der Waals surface area contributed by atoms with Crippen LogP contribution in [-0.4, -0.2) is 59.2 Å². The first-order chi connectivity index (χ1) is 14.4. The van der Waals surface area contributed by atoms with Crippen molar-refractivity contribution in [2.45, 2.75) is 44.1 Å². The molecule has 2 aromatic rings. The van der Waals surface area contributed by atoms with Crippen molar-refractivity contribution in [3.8, 4) is 11.5 Å². The Kier molecular flexibility index (Phi) is 5.77. The van der Waals surface area contributed by atoms with E-state index in [1.54, 1.807) is 14.2 Å². The highest BCUT2D eigenvalue weighted by atomic mass is 19.4. The summed E-state index contributed by atoms with van der Waals surface area (Å²) < 4.78 is 52.7. The van der Waals surface area contributed by atoms with Crippen molar-refractivity contribution in [3.05, 3.63) is 30.1 Å². The minimum atomic E-state index is -4.36. The normalized spacial score (nSPS) is 24.8. The maximum atomic E-state index is 13.6. The number of anilines is 1. The molecule has 1 fully saturated rings. The zero-order chi connectivity index (χ0) is 21.3. The van der Waals surface area contributed by atoms with Crippen molar-refractivity contribution in [2.75, 3.05) is 32.6 Å². The number of ether oxygens (including phenoxy) is 2. The summed E-state index contributed by atoms with van der Waals surface area (Å²) >= 11 is 0. The van der Waals surface area contributed by atoms with Crippen LogP contribution in [0, 0.1) is 5.92 Å².